The number of anilines is 2. The molecule has 0 aromatic heterocycles. The summed E-state index contributed by atoms with van der Waals surface area (Å²) in [5.41, 5.74) is 1.28. The molecular weight excluding hydrogens is 378 g/mol. The number of nitrogens with one attached hydrogen (secondary N) is 2. The summed E-state index contributed by atoms with van der Waals surface area (Å²) in [5.74, 6) is -0.144. The molecule has 2 aromatic carbocycles. The summed E-state index contributed by atoms with van der Waals surface area (Å²) in [6, 6.07) is 12.1. The summed E-state index contributed by atoms with van der Waals surface area (Å²) in [6.45, 7) is 2.90. The molecule has 1 heterocycles. The van der Waals surface area contributed by atoms with Crippen molar-refractivity contribution in [1.29, 1.82) is 0 Å². The normalized spacial score (nSPS) is 14.4. The van der Waals surface area contributed by atoms with E-state index in [1.807, 2.05) is 0 Å². The molecule has 7 nitrogen and oxygen atoms in total. The Kier molecular flexibility index (Phi) is 5.99. The van der Waals surface area contributed by atoms with Crippen LogP contribution in [0, 0.1) is 0 Å². The summed E-state index contributed by atoms with van der Waals surface area (Å²) < 4.78 is 27.6. The molecule has 0 radical (unpaired) electrons. The zero-order valence-corrected chi connectivity index (χ0v) is 16.5. The summed E-state index contributed by atoms with van der Waals surface area (Å²) in [7, 11) is -3.81. The Morgan fingerprint density at radius 1 is 0.929 bits per heavy atom. The number of benzene rings is 2. The number of likely N-dealkylation sites (tertiary alicyclic amines) is 1. The Bertz CT molecular complexity index is 965. The number of hydrogen-bond donors (Lipinski definition) is 2. The standard InChI is InChI=1S/C20H23N3O4S/c1-15(24)16-6-5-7-18(14-16)22-28(26,27)19-10-8-17(9-11-19)21-20(25)23-12-3-2-4-13-23/h5-11,14,22H,2-4,12-13H2,1H3,(H,21,25). The molecular formula is C20H23N3O4S. The fourth-order valence-corrected chi connectivity index (χ4v) is 4.08. The average molecular weight is 401 g/mol. The van der Waals surface area contributed by atoms with Crippen LogP contribution in [0.3, 0.4) is 0 Å². The van der Waals surface area contributed by atoms with Gasteiger partial charge >= 0.3 is 6.03 Å². The van der Waals surface area contributed by atoms with E-state index in [0.717, 1.165) is 32.4 Å². The summed E-state index contributed by atoms with van der Waals surface area (Å²) >= 11 is 0. The van der Waals surface area contributed by atoms with E-state index in [0.29, 0.717) is 16.9 Å². The van der Waals surface area contributed by atoms with E-state index in [1.165, 1.54) is 25.1 Å². The van der Waals surface area contributed by atoms with Crippen LogP contribution in [0.4, 0.5) is 16.2 Å². The van der Waals surface area contributed by atoms with E-state index >= 15 is 0 Å². The molecule has 8 heteroatoms. The van der Waals surface area contributed by atoms with Gasteiger partial charge in [-0.1, -0.05) is 12.1 Å². The highest BCUT2D eigenvalue weighted by Gasteiger charge is 2.18. The van der Waals surface area contributed by atoms with Crippen LogP contribution >= 0.6 is 0 Å². The second kappa shape index (κ2) is 8.43. The zero-order chi connectivity index (χ0) is 20.1. The van der Waals surface area contributed by atoms with Gasteiger partial charge in [-0.3, -0.25) is 9.52 Å². The highest BCUT2D eigenvalue weighted by Crippen LogP contribution is 2.20. The monoisotopic (exact) mass is 401 g/mol. The van der Waals surface area contributed by atoms with E-state index in [-0.39, 0.29) is 16.7 Å². The maximum atomic E-state index is 12.6. The van der Waals surface area contributed by atoms with Crippen molar-refractivity contribution in [3.05, 3.63) is 54.1 Å². The number of piperidine rings is 1. The minimum Gasteiger partial charge on any atom is -0.325 e. The third-order valence-electron chi connectivity index (χ3n) is 4.58. The number of carbonyl (C=O) groups excluding carboxylic acids is 2. The van der Waals surface area contributed by atoms with Crippen molar-refractivity contribution in [3.63, 3.8) is 0 Å². The molecule has 1 aliphatic rings. The van der Waals surface area contributed by atoms with Gasteiger partial charge in [0.05, 0.1) is 4.90 Å². The number of hydrogen-bond acceptors (Lipinski definition) is 4. The second-order valence-corrected chi connectivity index (χ2v) is 8.43. The minimum absolute atomic E-state index is 0.0664. The first-order valence-corrected chi connectivity index (χ1v) is 10.6. The van der Waals surface area contributed by atoms with Crippen molar-refractivity contribution >= 4 is 33.2 Å². The van der Waals surface area contributed by atoms with E-state index in [1.54, 1.807) is 35.2 Å². The Morgan fingerprint density at radius 3 is 2.25 bits per heavy atom. The Morgan fingerprint density at radius 2 is 1.61 bits per heavy atom. The summed E-state index contributed by atoms with van der Waals surface area (Å²) in [5, 5.41) is 2.79. The molecule has 0 bridgehead atoms. The fourth-order valence-electron chi connectivity index (χ4n) is 3.03. The predicted octanol–water partition coefficient (Wildman–Crippen LogP) is 3.71. The lowest BCUT2D eigenvalue weighted by molar-refractivity contribution is 0.101. The third-order valence-corrected chi connectivity index (χ3v) is 5.98. The number of sulfonamides is 1. The number of amides is 2. The number of ketones is 1. The molecule has 0 unspecified atom stereocenters. The van der Waals surface area contributed by atoms with Crippen molar-refractivity contribution < 1.29 is 18.0 Å². The van der Waals surface area contributed by atoms with Crippen molar-refractivity contribution in [2.45, 2.75) is 31.1 Å². The van der Waals surface area contributed by atoms with E-state index in [2.05, 4.69) is 10.0 Å². The molecule has 0 spiro atoms. The van der Waals surface area contributed by atoms with Gasteiger partial charge in [-0.2, -0.15) is 0 Å². The van der Waals surface area contributed by atoms with Crippen molar-refractivity contribution in [2.24, 2.45) is 0 Å². The number of rotatable bonds is 5. The van der Waals surface area contributed by atoms with Gasteiger partial charge in [0.25, 0.3) is 10.0 Å². The van der Waals surface area contributed by atoms with Gasteiger partial charge in [0.2, 0.25) is 0 Å². The van der Waals surface area contributed by atoms with Crippen LogP contribution in [-0.2, 0) is 10.0 Å². The first-order chi connectivity index (χ1) is 13.3. The fraction of sp³-hybridized carbons (Fsp3) is 0.300. The molecule has 0 atom stereocenters. The van der Waals surface area contributed by atoms with Crippen LogP contribution in [0.2, 0.25) is 0 Å². The van der Waals surface area contributed by atoms with Crippen LogP contribution in [0.1, 0.15) is 36.5 Å². The molecule has 1 aliphatic heterocycles. The molecule has 0 aliphatic carbocycles. The first-order valence-electron chi connectivity index (χ1n) is 9.15. The molecule has 1 saturated heterocycles. The number of urea groups is 1. The van der Waals surface area contributed by atoms with Crippen molar-refractivity contribution in [3.8, 4) is 0 Å². The summed E-state index contributed by atoms with van der Waals surface area (Å²) in [4.78, 5) is 25.5. The molecule has 2 aromatic rings. The van der Waals surface area contributed by atoms with Gasteiger partial charge in [-0.15, -0.1) is 0 Å². The van der Waals surface area contributed by atoms with Gasteiger partial charge in [-0.05, 0) is 62.6 Å². The summed E-state index contributed by atoms with van der Waals surface area (Å²) in [6.07, 6.45) is 3.14. The lowest BCUT2D eigenvalue weighted by atomic mass is 10.1. The van der Waals surface area contributed by atoms with Gasteiger partial charge in [0, 0.05) is 30.0 Å². The molecule has 148 valence electrons. The number of Topliss-reactive ketones (excluding diaryl/α,β-unsaturated/α-hetero) is 1. The van der Waals surface area contributed by atoms with Gasteiger partial charge in [0.15, 0.2) is 5.78 Å². The predicted molar refractivity (Wildman–Crippen MR) is 108 cm³/mol. The molecule has 0 saturated carbocycles. The smallest absolute Gasteiger partial charge is 0.321 e. The second-order valence-electron chi connectivity index (χ2n) is 6.74. The number of nitrogens with zero attached hydrogens (tertiary/aromatic N) is 1. The Hall–Kier alpha value is -2.87. The molecule has 2 N–H and O–H groups in total. The molecule has 2 amide bonds. The third kappa shape index (κ3) is 4.89. The SMILES string of the molecule is CC(=O)c1cccc(NS(=O)(=O)c2ccc(NC(=O)N3CCCCC3)cc2)c1. The minimum atomic E-state index is -3.81. The molecule has 3 rings (SSSR count). The highest BCUT2D eigenvalue weighted by molar-refractivity contribution is 7.92. The van der Waals surface area contributed by atoms with Gasteiger partial charge in [-0.25, -0.2) is 13.2 Å². The lowest BCUT2D eigenvalue weighted by Gasteiger charge is -2.26. The quantitative estimate of drug-likeness (QED) is 0.747. The zero-order valence-electron chi connectivity index (χ0n) is 15.6. The van der Waals surface area contributed by atoms with Crippen LogP contribution in [0.25, 0.3) is 0 Å². The topological polar surface area (TPSA) is 95.6 Å². The highest BCUT2D eigenvalue weighted by atomic mass is 32.2. The van der Waals surface area contributed by atoms with Crippen LogP contribution < -0.4 is 10.0 Å². The Labute approximate surface area is 164 Å². The Balaban J connectivity index is 1.68. The van der Waals surface area contributed by atoms with Crippen LogP contribution in [0.15, 0.2) is 53.4 Å². The van der Waals surface area contributed by atoms with E-state index in [9.17, 15) is 18.0 Å². The van der Waals surface area contributed by atoms with Crippen molar-refractivity contribution in [1.82, 2.24) is 4.90 Å². The average Bonchev–Trinajstić information content (AvgIpc) is 2.69. The number of carbonyl (C=O) groups is 2. The first kappa shape index (κ1) is 19.9. The molecule has 1 fully saturated rings. The van der Waals surface area contributed by atoms with E-state index in [4.69, 9.17) is 0 Å². The van der Waals surface area contributed by atoms with Crippen molar-refractivity contribution in [2.75, 3.05) is 23.1 Å². The van der Waals surface area contributed by atoms with E-state index < -0.39 is 10.0 Å². The van der Waals surface area contributed by atoms with Crippen LogP contribution in [0.5, 0.6) is 0 Å². The maximum absolute atomic E-state index is 12.6. The lowest BCUT2D eigenvalue weighted by Crippen LogP contribution is -2.38. The molecule has 28 heavy (non-hydrogen) atoms. The van der Waals surface area contributed by atoms with Crippen LogP contribution in [-0.4, -0.2) is 38.2 Å². The largest absolute Gasteiger partial charge is 0.325 e. The van der Waals surface area contributed by atoms with Gasteiger partial charge < -0.3 is 10.2 Å². The maximum Gasteiger partial charge on any atom is 0.321 e. The van der Waals surface area contributed by atoms with Gasteiger partial charge in [0.1, 0.15) is 0 Å².